The fourth-order valence-electron chi connectivity index (χ4n) is 3.46. The molecule has 0 unspecified atom stereocenters. The van der Waals surface area contributed by atoms with Crippen molar-refractivity contribution < 1.29 is 44.3 Å². The highest BCUT2D eigenvalue weighted by atomic mass is 16.6. The predicted molar refractivity (Wildman–Crippen MR) is 115 cm³/mol. The van der Waals surface area contributed by atoms with Crippen molar-refractivity contribution in [2.75, 3.05) is 0 Å². The smallest absolute Gasteiger partial charge is 0.346 e. The molecular formula is C24H14O9. The number of hydrogen-bond donors (Lipinski definition) is 4. The summed E-state index contributed by atoms with van der Waals surface area (Å²) in [7, 11) is 0. The summed E-state index contributed by atoms with van der Waals surface area (Å²) in [6, 6.07) is 12.9. The molecule has 4 rings (SSSR count). The normalized spacial score (nSPS) is 10.8. The van der Waals surface area contributed by atoms with Gasteiger partial charge in [-0.3, -0.25) is 0 Å². The van der Waals surface area contributed by atoms with Gasteiger partial charge in [-0.1, -0.05) is 12.1 Å². The van der Waals surface area contributed by atoms with Gasteiger partial charge < -0.3 is 25.2 Å². The number of esters is 2. The molecule has 0 bridgehead atoms. The van der Waals surface area contributed by atoms with Gasteiger partial charge in [0.2, 0.25) is 0 Å². The van der Waals surface area contributed by atoms with Crippen molar-refractivity contribution in [2.45, 2.75) is 0 Å². The summed E-state index contributed by atoms with van der Waals surface area (Å²) < 4.78 is 4.85. The van der Waals surface area contributed by atoms with E-state index in [2.05, 4.69) is 0 Å². The quantitative estimate of drug-likeness (QED) is 0.270. The zero-order valence-corrected chi connectivity index (χ0v) is 16.6. The molecule has 0 aromatic heterocycles. The van der Waals surface area contributed by atoms with Crippen LogP contribution in [0.3, 0.4) is 0 Å². The molecular weight excluding hydrogens is 432 g/mol. The Morgan fingerprint density at radius 2 is 0.879 bits per heavy atom. The van der Waals surface area contributed by atoms with Crippen LogP contribution in [0.15, 0.2) is 60.7 Å². The van der Waals surface area contributed by atoms with Gasteiger partial charge in [-0.25, -0.2) is 19.2 Å². The number of benzene rings is 4. The topological polar surface area (TPSA) is 158 Å². The lowest BCUT2D eigenvalue weighted by Crippen LogP contribution is -2.18. The molecule has 0 heterocycles. The molecule has 4 aromatic carbocycles. The van der Waals surface area contributed by atoms with Crippen molar-refractivity contribution >= 4 is 45.4 Å². The van der Waals surface area contributed by atoms with Crippen LogP contribution in [0.5, 0.6) is 11.5 Å². The van der Waals surface area contributed by atoms with Gasteiger partial charge in [0, 0.05) is 0 Å². The van der Waals surface area contributed by atoms with Gasteiger partial charge in [0.1, 0.15) is 11.5 Å². The SMILES string of the molecule is O=C(O)c1cc2cc(O)ccc2cc1C(=O)OC(=O)c1cc2ccc(O)cc2cc1C(=O)O. The Morgan fingerprint density at radius 3 is 1.24 bits per heavy atom. The highest BCUT2D eigenvalue weighted by Crippen LogP contribution is 2.27. The summed E-state index contributed by atoms with van der Waals surface area (Å²) in [6.07, 6.45) is 0. The molecule has 33 heavy (non-hydrogen) atoms. The molecule has 0 amide bonds. The molecule has 0 fully saturated rings. The number of carboxylic acid groups (broad SMARTS) is 2. The van der Waals surface area contributed by atoms with E-state index in [-0.39, 0.29) is 11.5 Å². The minimum Gasteiger partial charge on any atom is -0.508 e. The van der Waals surface area contributed by atoms with Gasteiger partial charge >= 0.3 is 23.9 Å². The molecule has 9 heteroatoms. The van der Waals surface area contributed by atoms with Gasteiger partial charge in [-0.05, 0) is 70.1 Å². The molecule has 4 aromatic rings. The summed E-state index contributed by atoms with van der Waals surface area (Å²) in [4.78, 5) is 48.8. The van der Waals surface area contributed by atoms with Crippen molar-refractivity contribution in [1.82, 2.24) is 0 Å². The third-order valence-corrected chi connectivity index (χ3v) is 5.01. The highest BCUT2D eigenvalue weighted by molar-refractivity contribution is 6.13. The number of aromatic carboxylic acids is 2. The lowest BCUT2D eigenvalue weighted by molar-refractivity contribution is 0.0387. The number of fused-ring (bicyclic) bond motifs is 2. The van der Waals surface area contributed by atoms with Crippen LogP contribution in [0.1, 0.15) is 41.4 Å². The van der Waals surface area contributed by atoms with Gasteiger partial charge in [0.05, 0.1) is 22.3 Å². The Kier molecular flexibility index (Phi) is 5.15. The van der Waals surface area contributed by atoms with E-state index in [0.717, 1.165) is 12.1 Å². The van der Waals surface area contributed by atoms with E-state index < -0.39 is 46.1 Å². The summed E-state index contributed by atoms with van der Waals surface area (Å²) in [5.41, 5.74) is -1.76. The van der Waals surface area contributed by atoms with E-state index in [9.17, 15) is 39.6 Å². The van der Waals surface area contributed by atoms with Crippen molar-refractivity contribution in [3.63, 3.8) is 0 Å². The summed E-state index contributed by atoms with van der Waals surface area (Å²) in [5.74, 6) is -5.69. The van der Waals surface area contributed by atoms with Crippen LogP contribution in [0.2, 0.25) is 0 Å². The lowest BCUT2D eigenvalue weighted by atomic mass is 10.00. The molecule has 9 nitrogen and oxygen atoms in total. The van der Waals surface area contributed by atoms with Crippen LogP contribution >= 0.6 is 0 Å². The third-order valence-electron chi connectivity index (χ3n) is 5.01. The Morgan fingerprint density at radius 1 is 0.515 bits per heavy atom. The molecule has 0 aliphatic heterocycles. The maximum atomic E-state index is 12.7. The molecule has 0 aliphatic carbocycles. The second-order valence-electron chi connectivity index (χ2n) is 7.15. The molecule has 0 aliphatic rings. The van der Waals surface area contributed by atoms with E-state index in [0.29, 0.717) is 21.5 Å². The number of carbonyl (C=O) groups excluding carboxylic acids is 2. The van der Waals surface area contributed by atoms with E-state index in [1.165, 1.54) is 48.5 Å². The molecule has 0 saturated heterocycles. The van der Waals surface area contributed by atoms with Gasteiger partial charge in [-0.15, -0.1) is 0 Å². The number of ether oxygens (including phenoxy) is 1. The number of carboxylic acids is 2. The maximum Gasteiger partial charge on any atom is 0.346 e. The number of hydrogen-bond acceptors (Lipinski definition) is 7. The number of aromatic hydroxyl groups is 2. The highest BCUT2D eigenvalue weighted by Gasteiger charge is 2.25. The lowest BCUT2D eigenvalue weighted by Gasteiger charge is -2.10. The third kappa shape index (κ3) is 4.02. The zero-order chi connectivity index (χ0) is 23.9. The van der Waals surface area contributed by atoms with Crippen LogP contribution in [-0.4, -0.2) is 44.3 Å². The Balaban J connectivity index is 1.75. The monoisotopic (exact) mass is 446 g/mol. The first-order valence-corrected chi connectivity index (χ1v) is 9.40. The van der Waals surface area contributed by atoms with Crippen LogP contribution in [0, 0.1) is 0 Å². The van der Waals surface area contributed by atoms with Crippen molar-refractivity contribution in [1.29, 1.82) is 0 Å². The fraction of sp³-hybridized carbons (Fsp3) is 0. The number of carbonyl (C=O) groups is 4. The zero-order valence-electron chi connectivity index (χ0n) is 16.6. The minimum atomic E-state index is -1.46. The van der Waals surface area contributed by atoms with Crippen LogP contribution in [0.25, 0.3) is 21.5 Å². The second-order valence-corrected chi connectivity index (χ2v) is 7.15. The average molecular weight is 446 g/mol. The average Bonchev–Trinajstić information content (AvgIpc) is 2.76. The fourth-order valence-corrected chi connectivity index (χ4v) is 3.46. The number of phenols is 2. The number of rotatable bonds is 4. The van der Waals surface area contributed by atoms with E-state index in [1.807, 2.05) is 0 Å². The van der Waals surface area contributed by atoms with Crippen molar-refractivity contribution in [3.8, 4) is 11.5 Å². The summed E-state index contributed by atoms with van der Waals surface area (Å²) >= 11 is 0. The first-order valence-electron chi connectivity index (χ1n) is 9.40. The Bertz CT molecular complexity index is 1390. The predicted octanol–water partition coefficient (Wildman–Crippen LogP) is 3.80. The first kappa shape index (κ1) is 21.3. The van der Waals surface area contributed by atoms with Gasteiger partial charge in [-0.2, -0.15) is 0 Å². The van der Waals surface area contributed by atoms with Crippen LogP contribution in [0.4, 0.5) is 0 Å². The first-order chi connectivity index (χ1) is 15.6. The maximum absolute atomic E-state index is 12.7. The molecule has 4 N–H and O–H groups in total. The molecule has 164 valence electrons. The van der Waals surface area contributed by atoms with E-state index >= 15 is 0 Å². The largest absolute Gasteiger partial charge is 0.508 e. The molecule has 0 radical (unpaired) electrons. The van der Waals surface area contributed by atoms with Crippen LogP contribution < -0.4 is 0 Å². The standard InChI is InChI=1S/C24H14O9/c25-15-3-1-11-7-19(17(21(27)28)9-13(11)5-15)23(31)33-24(32)20-8-12-2-4-16(26)6-14(12)10-18(20)22(29)30/h1-10,25-26H,(H,27,28)(H,29,30). The Labute approximate surface area is 184 Å². The minimum absolute atomic E-state index is 0.102. The van der Waals surface area contributed by atoms with E-state index in [4.69, 9.17) is 4.74 Å². The van der Waals surface area contributed by atoms with Crippen molar-refractivity contribution in [3.05, 3.63) is 82.9 Å². The second kappa shape index (κ2) is 7.97. The number of phenolic OH excluding ortho intramolecular Hbond substituents is 2. The Hall–Kier alpha value is -4.92. The van der Waals surface area contributed by atoms with Crippen molar-refractivity contribution in [2.24, 2.45) is 0 Å². The summed E-state index contributed by atoms with van der Waals surface area (Å²) in [5, 5.41) is 39.7. The molecule has 0 spiro atoms. The van der Waals surface area contributed by atoms with Gasteiger partial charge in [0.25, 0.3) is 0 Å². The van der Waals surface area contributed by atoms with E-state index in [1.54, 1.807) is 0 Å². The van der Waals surface area contributed by atoms with Gasteiger partial charge in [0.15, 0.2) is 0 Å². The summed E-state index contributed by atoms with van der Waals surface area (Å²) in [6.45, 7) is 0. The van der Waals surface area contributed by atoms with Crippen LogP contribution in [-0.2, 0) is 4.74 Å². The molecule has 0 saturated carbocycles. The molecule has 0 atom stereocenters.